The van der Waals surface area contributed by atoms with Crippen molar-refractivity contribution in [2.45, 2.75) is 0 Å². The molecule has 0 fully saturated rings. The zero-order chi connectivity index (χ0) is 8.27. The largest absolute Gasteiger partial charge is 0.494 e. The molecule has 0 aliphatic rings. The number of H-pyrrole nitrogens is 1. The fourth-order valence-corrected chi connectivity index (χ4v) is 0.942. The second-order valence-electron chi connectivity index (χ2n) is 1.89. The van der Waals surface area contributed by atoms with Gasteiger partial charge in [0.1, 0.15) is 11.8 Å². The van der Waals surface area contributed by atoms with Crippen molar-refractivity contribution in [1.29, 1.82) is 5.26 Å². The summed E-state index contributed by atoms with van der Waals surface area (Å²) in [5.41, 5.74) is 0.441. The molecule has 3 nitrogen and oxygen atoms in total. The average Bonchev–Trinajstić information content (AvgIpc) is 2.04. The number of hydrogen-bond donors (Lipinski definition) is 1. The van der Waals surface area contributed by atoms with Gasteiger partial charge in [-0.1, -0.05) is 12.2 Å². The van der Waals surface area contributed by atoms with E-state index >= 15 is 0 Å². The lowest BCUT2D eigenvalue weighted by Gasteiger charge is -1.97. The molecular formula is C7H6N2OS. The lowest BCUT2D eigenvalue weighted by atomic mass is 10.4. The molecule has 1 N–H and O–H groups in total. The van der Waals surface area contributed by atoms with Gasteiger partial charge in [-0.2, -0.15) is 5.26 Å². The molecule has 1 rings (SSSR count). The normalized spacial score (nSPS) is 8.73. The van der Waals surface area contributed by atoms with Crippen LogP contribution in [-0.4, -0.2) is 12.1 Å². The van der Waals surface area contributed by atoms with Crippen LogP contribution in [-0.2, 0) is 0 Å². The van der Waals surface area contributed by atoms with Crippen LogP contribution in [0.15, 0.2) is 12.3 Å². The van der Waals surface area contributed by atoms with Crippen molar-refractivity contribution in [1.82, 2.24) is 4.98 Å². The van der Waals surface area contributed by atoms with E-state index in [1.165, 1.54) is 7.11 Å². The van der Waals surface area contributed by atoms with Gasteiger partial charge in [0.2, 0.25) is 0 Å². The summed E-state index contributed by atoms with van der Waals surface area (Å²) in [6.45, 7) is 0. The predicted molar refractivity (Wildman–Crippen MR) is 42.9 cm³/mol. The smallest absolute Gasteiger partial charge is 0.152 e. The van der Waals surface area contributed by atoms with Crippen LogP contribution in [0.25, 0.3) is 0 Å². The Morgan fingerprint density at radius 1 is 1.73 bits per heavy atom. The molecule has 0 saturated carbocycles. The Morgan fingerprint density at radius 3 is 2.91 bits per heavy atom. The molecule has 0 aliphatic heterocycles. The Kier molecular flexibility index (Phi) is 2.24. The van der Waals surface area contributed by atoms with Gasteiger partial charge in [0.25, 0.3) is 0 Å². The van der Waals surface area contributed by atoms with E-state index in [-0.39, 0.29) is 0 Å². The quantitative estimate of drug-likeness (QED) is 0.645. The molecule has 0 unspecified atom stereocenters. The fourth-order valence-electron chi connectivity index (χ4n) is 0.682. The van der Waals surface area contributed by atoms with Gasteiger partial charge in [-0.15, -0.1) is 0 Å². The van der Waals surface area contributed by atoms with Gasteiger partial charge in [0.15, 0.2) is 5.75 Å². The van der Waals surface area contributed by atoms with Crippen molar-refractivity contribution in [3.05, 3.63) is 22.5 Å². The monoisotopic (exact) mass is 166 g/mol. The van der Waals surface area contributed by atoms with Gasteiger partial charge in [-0.3, -0.25) is 0 Å². The van der Waals surface area contributed by atoms with Crippen LogP contribution in [0.5, 0.6) is 5.75 Å². The van der Waals surface area contributed by atoms with E-state index in [9.17, 15) is 0 Å². The maximum absolute atomic E-state index is 8.46. The van der Waals surface area contributed by atoms with Crippen LogP contribution >= 0.6 is 12.2 Å². The Hall–Kier alpha value is -1.34. The van der Waals surface area contributed by atoms with E-state index in [1.54, 1.807) is 12.3 Å². The fraction of sp³-hybridized carbons (Fsp3) is 0.143. The van der Waals surface area contributed by atoms with Gasteiger partial charge in [-0.05, 0) is 6.07 Å². The summed E-state index contributed by atoms with van der Waals surface area (Å²) in [5.74, 6) is 0.582. The van der Waals surface area contributed by atoms with Crippen molar-refractivity contribution >= 4 is 12.2 Å². The number of nitrogens with one attached hydrogen (secondary N) is 1. The highest BCUT2D eigenvalue weighted by molar-refractivity contribution is 7.71. The molecule has 0 aliphatic carbocycles. The summed E-state index contributed by atoms with van der Waals surface area (Å²) >= 11 is 4.91. The minimum atomic E-state index is 0.441. The van der Waals surface area contributed by atoms with Crippen LogP contribution in [0.1, 0.15) is 5.69 Å². The van der Waals surface area contributed by atoms with E-state index in [0.717, 1.165) is 0 Å². The number of aromatic amines is 1. The minimum Gasteiger partial charge on any atom is -0.494 e. The molecule has 4 heteroatoms. The van der Waals surface area contributed by atoms with Crippen molar-refractivity contribution < 1.29 is 4.74 Å². The first-order valence-electron chi connectivity index (χ1n) is 2.94. The van der Waals surface area contributed by atoms with Crippen LogP contribution in [0.4, 0.5) is 0 Å². The molecule has 0 aromatic carbocycles. The molecule has 0 saturated heterocycles. The van der Waals surface area contributed by atoms with Gasteiger partial charge in [-0.25, -0.2) is 0 Å². The summed E-state index contributed by atoms with van der Waals surface area (Å²) in [4.78, 5) is 2.73. The lowest BCUT2D eigenvalue weighted by Crippen LogP contribution is -1.87. The van der Waals surface area contributed by atoms with Gasteiger partial charge in [0, 0.05) is 6.20 Å². The third kappa shape index (κ3) is 1.57. The highest BCUT2D eigenvalue weighted by Crippen LogP contribution is 2.10. The van der Waals surface area contributed by atoms with E-state index in [1.807, 2.05) is 6.07 Å². The lowest BCUT2D eigenvalue weighted by molar-refractivity contribution is 0.411. The Morgan fingerprint density at radius 2 is 2.45 bits per heavy atom. The maximum Gasteiger partial charge on any atom is 0.152 e. The molecule has 1 aromatic heterocycles. The molecule has 0 amide bonds. The SMILES string of the molecule is COc1c[nH]c(C#N)cc1=S. The van der Waals surface area contributed by atoms with E-state index in [2.05, 4.69) is 4.98 Å². The standard InChI is InChI=1S/C7H6N2OS/c1-10-6-4-9-5(3-8)2-7(6)11/h2,4H,1H3,(H,9,11). The van der Waals surface area contributed by atoms with E-state index < -0.39 is 0 Å². The number of hydrogen-bond acceptors (Lipinski definition) is 3. The molecule has 0 spiro atoms. The van der Waals surface area contributed by atoms with Gasteiger partial charge >= 0.3 is 0 Å². The first-order valence-corrected chi connectivity index (χ1v) is 3.35. The summed E-state index contributed by atoms with van der Waals surface area (Å²) in [6.07, 6.45) is 1.57. The van der Waals surface area contributed by atoms with Crippen molar-refractivity contribution in [3.63, 3.8) is 0 Å². The third-order valence-corrected chi connectivity index (χ3v) is 1.54. The number of methoxy groups -OCH3 is 1. The number of pyridine rings is 1. The summed E-state index contributed by atoms with van der Waals surface area (Å²) in [5, 5.41) is 8.46. The molecule has 0 bridgehead atoms. The second-order valence-corrected chi connectivity index (χ2v) is 2.33. The van der Waals surface area contributed by atoms with Crippen molar-refractivity contribution in [2.75, 3.05) is 7.11 Å². The Bertz CT molecular complexity index is 350. The number of ether oxygens (including phenoxy) is 1. The zero-order valence-corrected chi connectivity index (χ0v) is 6.73. The number of nitrogens with zero attached hydrogens (tertiary/aromatic N) is 1. The van der Waals surface area contributed by atoms with Gasteiger partial charge < -0.3 is 9.72 Å². The van der Waals surface area contributed by atoms with Crippen molar-refractivity contribution in [3.8, 4) is 11.8 Å². The molecule has 0 atom stereocenters. The highest BCUT2D eigenvalue weighted by Gasteiger charge is 1.94. The third-order valence-electron chi connectivity index (χ3n) is 1.22. The second kappa shape index (κ2) is 3.17. The zero-order valence-electron chi connectivity index (χ0n) is 5.92. The number of aromatic nitrogens is 1. The Balaban J connectivity index is 3.23. The first kappa shape index (κ1) is 7.76. The predicted octanol–water partition coefficient (Wildman–Crippen LogP) is 1.62. The number of nitriles is 1. The first-order chi connectivity index (χ1) is 5.27. The Labute approximate surface area is 69.2 Å². The molecule has 1 aromatic rings. The minimum absolute atomic E-state index is 0.441. The van der Waals surface area contributed by atoms with Crippen LogP contribution in [0.3, 0.4) is 0 Å². The van der Waals surface area contributed by atoms with Crippen molar-refractivity contribution in [2.24, 2.45) is 0 Å². The maximum atomic E-state index is 8.46. The van der Waals surface area contributed by atoms with Crippen LogP contribution in [0, 0.1) is 15.8 Å². The van der Waals surface area contributed by atoms with Crippen LogP contribution < -0.4 is 4.74 Å². The molecule has 11 heavy (non-hydrogen) atoms. The molecule has 56 valence electrons. The van der Waals surface area contributed by atoms with Gasteiger partial charge in [0.05, 0.1) is 11.6 Å². The van der Waals surface area contributed by atoms with Crippen LogP contribution in [0.2, 0.25) is 0 Å². The summed E-state index contributed by atoms with van der Waals surface area (Å²) < 4.78 is 5.44. The van der Waals surface area contributed by atoms with E-state index in [0.29, 0.717) is 16.0 Å². The molecule has 1 heterocycles. The topological polar surface area (TPSA) is 48.8 Å². The molecular weight excluding hydrogens is 160 g/mol. The highest BCUT2D eigenvalue weighted by atomic mass is 32.1. The number of rotatable bonds is 1. The average molecular weight is 166 g/mol. The summed E-state index contributed by atoms with van der Waals surface area (Å²) in [6, 6.07) is 3.50. The summed E-state index contributed by atoms with van der Waals surface area (Å²) in [7, 11) is 1.53. The molecule has 0 radical (unpaired) electrons. The van der Waals surface area contributed by atoms with E-state index in [4.69, 9.17) is 22.2 Å².